The minimum absolute atomic E-state index is 0.234. The number of carbonyl (C=O) groups is 1. The van der Waals surface area contributed by atoms with Crippen LogP contribution in [0.3, 0.4) is 0 Å². The van der Waals surface area contributed by atoms with Gasteiger partial charge in [-0.25, -0.2) is 4.79 Å². The summed E-state index contributed by atoms with van der Waals surface area (Å²) in [7, 11) is 3.87. The summed E-state index contributed by atoms with van der Waals surface area (Å²) in [6.45, 7) is 4.07. The first-order valence-electron chi connectivity index (χ1n) is 8.35. The van der Waals surface area contributed by atoms with E-state index in [0.717, 1.165) is 16.9 Å². The molecule has 0 aromatic heterocycles. The highest BCUT2D eigenvalue weighted by molar-refractivity contribution is 5.93. The average Bonchev–Trinajstić information content (AvgIpc) is 2.54. The van der Waals surface area contributed by atoms with Crippen molar-refractivity contribution in [2.24, 2.45) is 0 Å². The minimum Gasteiger partial charge on any atom is -0.389 e. The third kappa shape index (κ3) is 5.80. The lowest BCUT2D eigenvalue weighted by Crippen LogP contribution is -2.43. The second kappa shape index (κ2) is 8.03. The molecule has 134 valence electrons. The number of benzene rings is 2. The van der Waals surface area contributed by atoms with Gasteiger partial charge in [-0.15, -0.1) is 0 Å². The highest BCUT2D eigenvalue weighted by atomic mass is 16.3. The van der Waals surface area contributed by atoms with Crippen LogP contribution in [0.1, 0.15) is 19.4 Å². The zero-order valence-corrected chi connectivity index (χ0v) is 15.4. The first kappa shape index (κ1) is 18.8. The summed E-state index contributed by atoms with van der Waals surface area (Å²) in [6.07, 6.45) is 0. The van der Waals surface area contributed by atoms with Crippen molar-refractivity contribution in [1.29, 1.82) is 0 Å². The minimum atomic E-state index is -0.979. The summed E-state index contributed by atoms with van der Waals surface area (Å²) in [5.41, 5.74) is 1.71. The summed E-state index contributed by atoms with van der Waals surface area (Å²) in [5.74, 6) is 0. The lowest BCUT2D eigenvalue weighted by Gasteiger charge is -2.30. The standard InChI is InChI=1S/C20H27N3O2/c1-20(2,25)15-23(14-16-10-6-5-7-11-16)19(24)21-17-12-8-9-13-18(17)22(3)4/h5-13,25H,14-15H2,1-4H3,(H,21,24). The van der Waals surface area contributed by atoms with Gasteiger partial charge in [0.15, 0.2) is 0 Å². The number of anilines is 2. The van der Waals surface area contributed by atoms with Gasteiger partial charge in [0.2, 0.25) is 0 Å². The van der Waals surface area contributed by atoms with E-state index in [2.05, 4.69) is 5.32 Å². The second-order valence-electron chi connectivity index (χ2n) is 7.00. The zero-order valence-electron chi connectivity index (χ0n) is 15.4. The van der Waals surface area contributed by atoms with Crippen LogP contribution in [0.15, 0.2) is 54.6 Å². The van der Waals surface area contributed by atoms with Gasteiger partial charge in [0, 0.05) is 20.6 Å². The molecular formula is C20H27N3O2. The maximum Gasteiger partial charge on any atom is 0.322 e. The Kier molecular flexibility index (Phi) is 6.04. The third-order valence-corrected chi connectivity index (χ3v) is 3.71. The molecule has 0 heterocycles. The third-order valence-electron chi connectivity index (χ3n) is 3.71. The molecular weight excluding hydrogens is 314 g/mol. The van der Waals surface area contributed by atoms with E-state index in [1.807, 2.05) is 73.6 Å². The van der Waals surface area contributed by atoms with Crippen molar-refractivity contribution < 1.29 is 9.90 Å². The Morgan fingerprint density at radius 1 is 1.04 bits per heavy atom. The number of hydrogen-bond acceptors (Lipinski definition) is 3. The molecule has 5 nitrogen and oxygen atoms in total. The Bertz CT molecular complexity index is 694. The van der Waals surface area contributed by atoms with Crippen LogP contribution < -0.4 is 10.2 Å². The van der Waals surface area contributed by atoms with Crippen molar-refractivity contribution in [3.8, 4) is 0 Å². The fourth-order valence-corrected chi connectivity index (χ4v) is 2.63. The van der Waals surface area contributed by atoms with Crippen molar-refractivity contribution >= 4 is 17.4 Å². The number of nitrogens with one attached hydrogen (secondary N) is 1. The molecule has 0 unspecified atom stereocenters. The van der Waals surface area contributed by atoms with Gasteiger partial charge >= 0.3 is 6.03 Å². The summed E-state index contributed by atoms with van der Waals surface area (Å²) >= 11 is 0. The van der Waals surface area contributed by atoms with E-state index >= 15 is 0 Å². The van der Waals surface area contributed by atoms with Gasteiger partial charge in [-0.2, -0.15) is 0 Å². The second-order valence-corrected chi connectivity index (χ2v) is 7.00. The van der Waals surface area contributed by atoms with E-state index in [0.29, 0.717) is 6.54 Å². The summed E-state index contributed by atoms with van der Waals surface area (Å²) < 4.78 is 0. The number of amides is 2. The molecule has 0 aliphatic rings. The highest BCUT2D eigenvalue weighted by Gasteiger charge is 2.23. The van der Waals surface area contributed by atoms with E-state index in [4.69, 9.17) is 0 Å². The molecule has 0 bridgehead atoms. The predicted octanol–water partition coefficient (Wildman–Crippen LogP) is 3.56. The lowest BCUT2D eigenvalue weighted by molar-refractivity contribution is 0.0469. The van der Waals surface area contributed by atoms with Gasteiger partial charge in [-0.1, -0.05) is 42.5 Å². The molecule has 0 atom stereocenters. The molecule has 0 spiro atoms. The fraction of sp³-hybridized carbons (Fsp3) is 0.350. The van der Waals surface area contributed by atoms with E-state index in [9.17, 15) is 9.90 Å². The first-order valence-corrected chi connectivity index (χ1v) is 8.35. The van der Waals surface area contributed by atoms with Crippen molar-refractivity contribution in [3.05, 3.63) is 60.2 Å². The SMILES string of the molecule is CN(C)c1ccccc1NC(=O)N(Cc1ccccc1)CC(C)(C)O. The van der Waals surface area contributed by atoms with Crippen LogP contribution >= 0.6 is 0 Å². The van der Waals surface area contributed by atoms with E-state index < -0.39 is 5.60 Å². The molecule has 0 fully saturated rings. The quantitative estimate of drug-likeness (QED) is 0.845. The smallest absolute Gasteiger partial charge is 0.322 e. The van der Waals surface area contributed by atoms with Gasteiger partial charge in [0.05, 0.1) is 23.5 Å². The van der Waals surface area contributed by atoms with Gasteiger partial charge in [-0.05, 0) is 31.5 Å². The number of urea groups is 1. The van der Waals surface area contributed by atoms with Crippen molar-refractivity contribution in [3.63, 3.8) is 0 Å². The Hall–Kier alpha value is -2.53. The topological polar surface area (TPSA) is 55.8 Å². The van der Waals surface area contributed by atoms with E-state index in [1.54, 1.807) is 18.7 Å². The molecule has 0 saturated heterocycles. The van der Waals surface area contributed by atoms with E-state index in [-0.39, 0.29) is 12.6 Å². The van der Waals surface area contributed by atoms with Crippen LogP contribution in [0, 0.1) is 0 Å². The number of nitrogens with zero attached hydrogens (tertiary/aromatic N) is 2. The van der Waals surface area contributed by atoms with Crippen LogP contribution in [0.5, 0.6) is 0 Å². The number of carbonyl (C=O) groups excluding carboxylic acids is 1. The largest absolute Gasteiger partial charge is 0.389 e. The van der Waals surface area contributed by atoms with Gasteiger partial charge < -0.3 is 20.2 Å². The zero-order chi connectivity index (χ0) is 18.4. The number of hydrogen-bond donors (Lipinski definition) is 2. The molecule has 25 heavy (non-hydrogen) atoms. The van der Waals surface area contributed by atoms with Gasteiger partial charge in [0.25, 0.3) is 0 Å². The molecule has 2 amide bonds. The lowest BCUT2D eigenvalue weighted by atomic mass is 10.1. The van der Waals surface area contributed by atoms with Gasteiger partial charge in [-0.3, -0.25) is 0 Å². The molecule has 2 N–H and O–H groups in total. The predicted molar refractivity (Wildman–Crippen MR) is 103 cm³/mol. The van der Waals surface area contributed by atoms with Crippen LogP contribution in [-0.4, -0.2) is 42.3 Å². The Labute approximate surface area is 149 Å². The maximum absolute atomic E-state index is 12.9. The molecule has 2 rings (SSSR count). The van der Waals surface area contributed by atoms with Crippen LogP contribution in [0.25, 0.3) is 0 Å². The Morgan fingerprint density at radius 2 is 1.64 bits per heavy atom. The average molecular weight is 341 g/mol. The maximum atomic E-state index is 12.9. The summed E-state index contributed by atoms with van der Waals surface area (Å²) in [6, 6.07) is 17.2. The van der Waals surface area contributed by atoms with Crippen molar-refractivity contribution in [2.45, 2.75) is 26.0 Å². The Morgan fingerprint density at radius 3 is 2.24 bits per heavy atom. The Balaban J connectivity index is 2.20. The van der Waals surface area contributed by atoms with Crippen LogP contribution in [-0.2, 0) is 6.54 Å². The normalized spacial score (nSPS) is 11.1. The molecule has 5 heteroatoms. The molecule has 2 aromatic carbocycles. The number of aliphatic hydroxyl groups is 1. The molecule has 0 radical (unpaired) electrons. The van der Waals surface area contributed by atoms with Crippen LogP contribution in [0.4, 0.5) is 16.2 Å². The molecule has 0 aliphatic heterocycles. The molecule has 0 aliphatic carbocycles. The van der Waals surface area contributed by atoms with Crippen molar-refractivity contribution in [2.75, 3.05) is 30.9 Å². The number of para-hydroxylation sites is 2. The van der Waals surface area contributed by atoms with Crippen molar-refractivity contribution in [1.82, 2.24) is 4.90 Å². The number of rotatable bonds is 6. The first-order chi connectivity index (χ1) is 11.8. The van der Waals surface area contributed by atoms with Crippen LogP contribution in [0.2, 0.25) is 0 Å². The molecule has 0 saturated carbocycles. The van der Waals surface area contributed by atoms with E-state index in [1.165, 1.54) is 0 Å². The summed E-state index contributed by atoms with van der Waals surface area (Å²) in [5, 5.41) is 13.2. The molecule has 2 aromatic rings. The summed E-state index contributed by atoms with van der Waals surface area (Å²) in [4.78, 5) is 16.4. The fourth-order valence-electron chi connectivity index (χ4n) is 2.63. The van der Waals surface area contributed by atoms with Gasteiger partial charge in [0.1, 0.15) is 0 Å². The highest BCUT2D eigenvalue weighted by Crippen LogP contribution is 2.24. The monoisotopic (exact) mass is 341 g/mol.